The molecule has 15 heteroatoms. The van der Waals surface area contributed by atoms with Crippen LogP contribution in [-0.2, 0) is 6.61 Å². The number of tetrazole rings is 1. The van der Waals surface area contributed by atoms with Crippen LogP contribution in [0.3, 0.4) is 0 Å². The number of nitrogens with zero attached hydrogens (tertiary/aromatic N) is 8. The molecule has 1 aliphatic carbocycles. The maximum absolute atomic E-state index is 10.9. The maximum Gasteiger partial charge on any atom is 0.226 e. The van der Waals surface area contributed by atoms with Gasteiger partial charge in [0.1, 0.15) is 36.4 Å². The predicted molar refractivity (Wildman–Crippen MR) is 145 cm³/mol. The molecule has 1 aliphatic rings. The van der Waals surface area contributed by atoms with E-state index < -0.39 is 30.9 Å². The second kappa shape index (κ2) is 10.9. The molecule has 0 saturated heterocycles. The summed E-state index contributed by atoms with van der Waals surface area (Å²) in [5, 5.41) is 65.5. The van der Waals surface area contributed by atoms with Crippen molar-refractivity contribution in [3.8, 4) is 11.5 Å². The number of hydrogen-bond acceptors (Lipinski definition) is 12. The molecule has 1 saturated carbocycles. The van der Waals surface area contributed by atoms with Gasteiger partial charge in [-0.25, -0.2) is 4.98 Å². The van der Waals surface area contributed by atoms with Crippen LogP contribution >= 0.6 is 11.6 Å². The molecule has 2 aromatic carbocycles. The standard InChI is InChI=1S/C26H26ClN9O5/c27-26-30-24(28-10-17(13-1-5-15(38)6-2-13)14-3-7-16(39)8-4-14)21-25(31-26)35(12-29-21)18-9-19(23(41)22(18)40)36-33-20(11-37)32-34-36/h1-8,12,17-19,22-23,37-41H,9-11H2,(H,28,30,31)/t18-,19+,22-,23+/m1/s1. The van der Waals surface area contributed by atoms with Gasteiger partial charge in [0.25, 0.3) is 0 Å². The molecule has 0 amide bonds. The first kappa shape index (κ1) is 26.8. The van der Waals surface area contributed by atoms with Crippen molar-refractivity contribution < 1.29 is 25.5 Å². The van der Waals surface area contributed by atoms with Crippen LogP contribution in [-0.4, -0.2) is 84.0 Å². The average Bonchev–Trinajstić information content (AvgIpc) is 3.68. The van der Waals surface area contributed by atoms with Crippen molar-refractivity contribution in [2.45, 2.75) is 43.2 Å². The Kier molecular flexibility index (Phi) is 7.13. The first-order valence-electron chi connectivity index (χ1n) is 12.8. The van der Waals surface area contributed by atoms with Crippen LogP contribution in [0.1, 0.15) is 41.4 Å². The lowest BCUT2D eigenvalue weighted by Crippen LogP contribution is -2.31. The van der Waals surface area contributed by atoms with E-state index in [4.69, 9.17) is 11.6 Å². The Labute approximate surface area is 237 Å². The van der Waals surface area contributed by atoms with Crippen LogP contribution in [0.15, 0.2) is 54.9 Å². The van der Waals surface area contributed by atoms with E-state index in [-0.39, 0.29) is 34.9 Å². The van der Waals surface area contributed by atoms with Crippen LogP contribution in [0.4, 0.5) is 5.82 Å². The number of phenols is 2. The quantitative estimate of drug-likeness (QED) is 0.145. The van der Waals surface area contributed by atoms with Crippen molar-refractivity contribution in [1.82, 2.24) is 39.7 Å². The summed E-state index contributed by atoms with van der Waals surface area (Å²) in [4.78, 5) is 14.4. The summed E-state index contributed by atoms with van der Waals surface area (Å²) < 4.78 is 1.64. The van der Waals surface area contributed by atoms with Crippen molar-refractivity contribution in [1.29, 1.82) is 0 Å². The third-order valence-electron chi connectivity index (χ3n) is 7.35. The van der Waals surface area contributed by atoms with Crippen molar-refractivity contribution >= 4 is 28.6 Å². The Morgan fingerprint density at radius 1 is 0.927 bits per heavy atom. The summed E-state index contributed by atoms with van der Waals surface area (Å²) in [5.74, 6) is 0.591. The highest BCUT2D eigenvalue weighted by Crippen LogP contribution is 2.39. The Bertz CT molecular complexity index is 1620. The molecule has 41 heavy (non-hydrogen) atoms. The molecule has 0 radical (unpaired) electrons. The maximum atomic E-state index is 10.9. The number of rotatable bonds is 8. The number of hydrogen-bond donors (Lipinski definition) is 6. The molecule has 14 nitrogen and oxygen atoms in total. The normalized spacial score (nSPS) is 20.7. The van der Waals surface area contributed by atoms with Crippen molar-refractivity contribution in [3.05, 3.63) is 77.1 Å². The number of imidazole rings is 1. The van der Waals surface area contributed by atoms with Crippen LogP contribution in [0.5, 0.6) is 11.5 Å². The fraction of sp³-hybridized carbons (Fsp3) is 0.308. The summed E-state index contributed by atoms with van der Waals surface area (Å²) in [6.07, 6.45) is -0.651. The molecular weight excluding hydrogens is 554 g/mol. The van der Waals surface area contributed by atoms with Crippen LogP contribution in [0.2, 0.25) is 5.28 Å². The minimum Gasteiger partial charge on any atom is -0.508 e. The van der Waals surface area contributed by atoms with Gasteiger partial charge < -0.3 is 35.4 Å². The van der Waals surface area contributed by atoms with Crippen LogP contribution < -0.4 is 5.32 Å². The Morgan fingerprint density at radius 3 is 2.17 bits per heavy atom. The lowest BCUT2D eigenvalue weighted by Gasteiger charge is -2.20. The van der Waals surface area contributed by atoms with Crippen LogP contribution in [0.25, 0.3) is 11.2 Å². The SMILES string of the molecule is OCc1nnn([C@H]2C[C@@H](n3cnc4c(NCC(c5ccc(O)cc5)c5ccc(O)cc5)nc(Cl)nc43)[C@@H](O)[C@H]2O)n1. The van der Waals surface area contributed by atoms with Crippen LogP contribution in [0, 0.1) is 0 Å². The Morgan fingerprint density at radius 2 is 1.56 bits per heavy atom. The van der Waals surface area contributed by atoms with Gasteiger partial charge >= 0.3 is 0 Å². The summed E-state index contributed by atoms with van der Waals surface area (Å²) in [6.45, 7) is -0.0324. The molecule has 3 heterocycles. The molecule has 4 atom stereocenters. The van der Waals surface area contributed by atoms with E-state index in [2.05, 4.69) is 35.7 Å². The molecular formula is C26H26ClN9O5. The summed E-state index contributed by atoms with van der Waals surface area (Å²) in [6, 6.07) is 12.4. The number of aliphatic hydroxyl groups is 3. The number of anilines is 1. The van der Waals surface area contributed by atoms with Gasteiger partial charge in [0.05, 0.1) is 12.4 Å². The molecule has 5 aromatic rings. The van der Waals surface area contributed by atoms with Gasteiger partial charge in [-0.1, -0.05) is 24.3 Å². The number of halogens is 1. The fourth-order valence-electron chi connectivity index (χ4n) is 5.25. The van der Waals surface area contributed by atoms with Crippen molar-refractivity contribution in [2.75, 3.05) is 11.9 Å². The molecule has 6 rings (SSSR count). The zero-order valence-electron chi connectivity index (χ0n) is 21.4. The number of aromatic hydroxyl groups is 2. The Balaban J connectivity index is 1.30. The van der Waals surface area contributed by atoms with E-state index in [1.54, 1.807) is 28.8 Å². The van der Waals surface area contributed by atoms with Gasteiger partial charge in [0, 0.05) is 12.5 Å². The van der Waals surface area contributed by atoms with Gasteiger partial charge in [0.15, 0.2) is 22.8 Å². The smallest absolute Gasteiger partial charge is 0.226 e. The zero-order valence-corrected chi connectivity index (χ0v) is 22.2. The summed E-state index contributed by atoms with van der Waals surface area (Å²) in [5.41, 5.74) is 2.61. The number of phenolic OH excluding ortho intramolecular Hbond substituents is 2. The van der Waals surface area contributed by atoms with E-state index in [0.717, 1.165) is 11.1 Å². The van der Waals surface area contributed by atoms with E-state index in [0.29, 0.717) is 23.5 Å². The van der Waals surface area contributed by atoms with Crippen molar-refractivity contribution in [3.63, 3.8) is 0 Å². The number of fused-ring (bicyclic) bond motifs is 1. The lowest BCUT2D eigenvalue weighted by molar-refractivity contribution is 0.00469. The average molecular weight is 580 g/mol. The number of aromatic nitrogens is 8. The molecule has 1 fully saturated rings. The van der Waals surface area contributed by atoms with E-state index >= 15 is 0 Å². The van der Waals surface area contributed by atoms with Gasteiger partial charge in [-0.05, 0) is 58.6 Å². The van der Waals surface area contributed by atoms with Gasteiger partial charge in [0.2, 0.25) is 5.28 Å². The topological polar surface area (TPSA) is 200 Å². The minimum absolute atomic E-state index is 0.0392. The van der Waals surface area contributed by atoms with Gasteiger partial charge in [-0.3, -0.25) is 0 Å². The second-order valence-corrected chi connectivity index (χ2v) is 10.2. The van der Waals surface area contributed by atoms with E-state index in [9.17, 15) is 25.5 Å². The summed E-state index contributed by atoms with van der Waals surface area (Å²) in [7, 11) is 0. The molecule has 212 valence electrons. The number of aliphatic hydroxyl groups excluding tert-OH is 3. The molecule has 6 N–H and O–H groups in total. The third-order valence-corrected chi connectivity index (χ3v) is 7.51. The highest BCUT2D eigenvalue weighted by atomic mass is 35.5. The van der Waals surface area contributed by atoms with Gasteiger partial charge in [-0.15, -0.1) is 10.2 Å². The van der Waals surface area contributed by atoms with Crippen molar-refractivity contribution in [2.24, 2.45) is 0 Å². The molecule has 3 aromatic heterocycles. The molecule has 0 aliphatic heterocycles. The lowest BCUT2D eigenvalue weighted by atomic mass is 9.91. The van der Waals surface area contributed by atoms with Gasteiger partial charge in [-0.2, -0.15) is 14.8 Å². The fourth-order valence-corrected chi connectivity index (χ4v) is 5.41. The summed E-state index contributed by atoms with van der Waals surface area (Å²) >= 11 is 6.33. The first-order chi connectivity index (χ1) is 19.8. The van der Waals surface area contributed by atoms with E-state index in [1.807, 2.05) is 24.3 Å². The molecule has 0 unspecified atom stereocenters. The second-order valence-electron chi connectivity index (χ2n) is 9.82. The number of nitrogens with one attached hydrogen (secondary N) is 1. The number of benzene rings is 2. The highest BCUT2D eigenvalue weighted by molar-refractivity contribution is 6.28. The van der Waals surface area contributed by atoms with E-state index in [1.165, 1.54) is 11.1 Å². The predicted octanol–water partition coefficient (Wildman–Crippen LogP) is 1.52. The molecule has 0 bridgehead atoms. The third kappa shape index (κ3) is 5.13. The zero-order chi connectivity index (χ0) is 28.7. The largest absolute Gasteiger partial charge is 0.508 e. The monoisotopic (exact) mass is 579 g/mol. The highest BCUT2D eigenvalue weighted by Gasteiger charge is 2.45. The Hall–Kier alpha value is -4.37. The minimum atomic E-state index is -1.20. The molecule has 0 spiro atoms. The first-order valence-corrected chi connectivity index (χ1v) is 13.2.